The minimum Gasteiger partial charge on any atom is -0.463 e. The fourth-order valence-corrected chi connectivity index (χ4v) is 3.39. The molecule has 4 rings (SSSR count). The molecule has 28 heavy (non-hydrogen) atoms. The van der Waals surface area contributed by atoms with Gasteiger partial charge in [0.05, 0.1) is 6.26 Å². The van der Waals surface area contributed by atoms with E-state index in [9.17, 15) is 9.59 Å². The molecule has 1 fully saturated rings. The topological polar surface area (TPSA) is 133 Å². The summed E-state index contributed by atoms with van der Waals surface area (Å²) in [7, 11) is 0. The number of aromatic nitrogens is 3. The Hall–Kier alpha value is -2.91. The molecule has 1 saturated heterocycles. The molecule has 3 aromatic rings. The lowest BCUT2D eigenvalue weighted by Gasteiger charge is -2.23. The van der Waals surface area contributed by atoms with Crippen LogP contribution in [0.2, 0.25) is 0 Å². The summed E-state index contributed by atoms with van der Waals surface area (Å²) < 4.78 is 6.90. The summed E-state index contributed by atoms with van der Waals surface area (Å²) in [6.45, 7) is 3.76. The molecular formula is C18H21ClN6O3. The van der Waals surface area contributed by atoms with Gasteiger partial charge in [0.2, 0.25) is 0 Å². The number of halogens is 1. The molecule has 0 aromatic carbocycles. The Kier molecular flexibility index (Phi) is 5.14. The van der Waals surface area contributed by atoms with Gasteiger partial charge in [0.1, 0.15) is 17.7 Å². The van der Waals surface area contributed by atoms with E-state index in [1.165, 1.54) is 17.0 Å². The highest BCUT2D eigenvalue weighted by Crippen LogP contribution is 2.30. The van der Waals surface area contributed by atoms with Gasteiger partial charge in [0, 0.05) is 13.1 Å². The Morgan fingerprint density at radius 1 is 1.39 bits per heavy atom. The van der Waals surface area contributed by atoms with Gasteiger partial charge in [-0.1, -0.05) is 6.92 Å². The van der Waals surface area contributed by atoms with E-state index in [1.54, 1.807) is 23.1 Å². The second kappa shape index (κ2) is 7.25. The average molecular weight is 405 g/mol. The molecule has 0 spiro atoms. The molecule has 4 heterocycles. The van der Waals surface area contributed by atoms with E-state index in [0.717, 1.165) is 6.42 Å². The van der Waals surface area contributed by atoms with Gasteiger partial charge in [-0.15, -0.1) is 12.4 Å². The van der Waals surface area contributed by atoms with E-state index in [-0.39, 0.29) is 35.1 Å². The second-order valence-electron chi connectivity index (χ2n) is 7.15. The van der Waals surface area contributed by atoms with Crippen LogP contribution in [0.25, 0.3) is 17.1 Å². The molecule has 1 aliphatic heterocycles. The van der Waals surface area contributed by atoms with E-state index >= 15 is 0 Å². The number of hydrogen-bond acceptors (Lipinski definition) is 6. The molecule has 3 aromatic heterocycles. The van der Waals surface area contributed by atoms with Crippen LogP contribution in [0.5, 0.6) is 0 Å². The Balaban J connectivity index is 0.00000225. The Morgan fingerprint density at radius 2 is 2.18 bits per heavy atom. The Morgan fingerprint density at radius 3 is 2.79 bits per heavy atom. The molecule has 1 aliphatic rings. The number of hydrogen-bond donors (Lipinski definition) is 2. The van der Waals surface area contributed by atoms with E-state index < -0.39 is 5.91 Å². The first kappa shape index (κ1) is 19.8. The third-order valence-corrected chi connectivity index (χ3v) is 5.07. The molecule has 0 radical (unpaired) electrons. The van der Waals surface area contributed by atoms with Crippen molar-refractivity contribution >= 4 is 29.9 Å². The predicted octanol–water partition coefficient (Wildman–Crippen LogP) is 1.32. The summed E-state index contributed by atoms with van der Waals surface area (Å²) in [5.41, 5.74) is 12.2. The summed E-state index contributed by atoms with van der Waals surface area (Å²) in [6, 6.07) is 5.09. The number of fused-ring (bicyclic) bond motifs is 1. The summed E-state index contributed by atoms with van der Waals surface area (Å²) in [5, 5.41) is 0. The highest BCUT2D eigenvalue weighted by Gasteiger charge is 2.36. The summed E-state index contributed by atoms with van der Waals surface area (Å²) in [5.74, 6) is -0.408. The minimum absolute atomic E-state index is 0. The number of nitrogens with two attached hydrogens (primary N) is 2. The third-order valence-electron chi connectivity index (χ3n) is 5.07. The van der Waals surface area contributed by atoms with Crippen molar-refractivity contribution in [2.75, 3.05) is 19.6 Å². The number of imidazole rings is 1. The van der Waals surface area contributed by atoms with Crippen LogP contribution in [0.1, 0.15) is 34.3 Å². The lowest BCUT2D eigenvalue weighted by Crippen LogP contribution is -2.35. The summed E-state index contributed by atoms with van der Waals surface area (Å²) in [6.07, 6.45) is 3.74. The van der Waals surface area contributed by atoms with Gasteiger partial charge < -0.3 is 20.8 Å². The zero-order chi connectivity index (χ0) is 19.2. The number of likely N-dealkylation sites (tertiary alicyclic amines) is 1. The molecule has 4 N–H and O–H groups in total. The van der Waals surface area contributed by atoms with Gasteiger partial charge in [-0.3, -0.25) is 14.0 Å². The van der Waals surface area contributed by atoms with Crippen molar-refractivity contribution in [1.29, 1.82) is 0 Å². The van der Waals surface area contributed by atoms with Gasteiger partial charge >= 0.3 is 0 Å². The zero-order valence-corrected chi connectivity index (χ0v) is 16.1. The monoisotopic (exact) mass is 404 g/mol. The normalized spacial score (nSPS) is 19.0. The van der Waals surface area contributed by atoms with Crippen molar-refractivity contribution < 1.29 is 14.0 Å². The zero-order valence-electron chi connectivity index (χ0n) is 15.3. The number of rotatable bonds is 4. The van der Waals surface area contributed by atoms with Crippen molar-refractivity contribution in [3.63, 3.8) is 0 Å². The average Bonchev–Trinajstić information content (AvgIpc) is 3.39. The van der Waals surface area contributed by atoms with Crippen LogP contribution in [-0.2, 0) is 0 Å². The van der Waals surface area contributed by atoms with Gasteiger partial charge in [-0.05, 0) is 36.6 Å². The maximum absolute atomic E-state index is 13.2. The molecule has 0 bridgehead atoms. The first-order chi connectivity index (χ1) is 12.9. The number of furan rings is 1. The molecule has 1 atom stereocenters. The molecule has 0 saturated carbocycles. The molecule has 9 nitrogen and oxygen atoms in total. The first-order valence-corrected chi connectivity index (χ1v) is 8.63. The van der Waals surface area contributed by atoms with Crippen molar-refractivity contribution in [2.45, 2.75) is 13.3 Å². The molecule has 10 heteroatoms. The van der Waals surface area contributed by atoms with Crippen LogP contribution >= 0.6 is 12.4 Å². The van der Waals surface area contributed by atoms with E-state index in [1.807, 2.05) is 0 Å². The van der Waals surface area contributed by atoms with Crippen LogP contribution in [0.4, 0.5) is 0 Å². The second-order valence-corrected chi connectivity index (χ2v) is 7.15. The SMILES string of the molecule is CC1(CN)CCN(C(=O)c2cc(-c3ccco3)nc3c(C(N)=O)ncn23)C1.Cl. The minimum atomic E-state index is -0.711. The number of carbonyl (C=O) groups is 2. The van der Waals surface area contributed by atoms with Crippen molar-refractivity contribution in [1.82, 2.24) is 19.3 Å². The van der Waals surface area contributed by atoms with E-state index in [4.69, 9.17) is 15.9 Å². The van der Waals surface area contributed by atoms with Crippen LogP contribution < -0.4 is 11.5 Å². The predicted molar refractivity (Wildman–Crippen MR) is 104 cm³/mol. The Labute approximate surface area is 167 Å². The molecule has 2 amide bonds. The van der Waals surface area contributed by atoms with Gasteiger partial charge in [-0.25, -0.2) is 9.97 Å². The quantitative estimate of drug-likeness (QED) is 0.673. The van der Waals surface area contributed by atoms with Gasteiger partial charge in [0.25, 0.3) is 11.8 Å². The highest BCUT2D eigenvalue weighted by atomic mass is 35.5. The first-order valence-electron chi connectivity index (χ1n) is 8.63. The fourth-order valence-electron chi connectivity index (χ4n) is 3.39. The fraction of sp³-hybridized carbons (Fsp3) is 0.333. The smallest absolute Gasteiger partial charge is 0.271 e. The van der Waals surface area contributed by atoms with Gasteiger partial charge in [0.15, 0.2) is 17.1 Å². The number of nitrogens with zero attached hydrogens (tertiary/aromatic N) is 4. The maximum Gasteiger partial charge on any atom is 0.271 e. The molecule has 148 valence electrons. The largest absolute Gasteiger partial charge is 0.463 e. The van der Waals surface area contributed by atoms with Crippen LogP contribution in [-0.4, -0.2) is 50.7 Å². The number of amides is 2. The maximum atomic E-state index is 13.2. The molecular weight excluding hydrogens is 384 g/mol. The standard InChI is InChI=1S/C18H20N6O3.ClH/c1-18(8-19)4-5-23(9-18)17(26)12-7-11(13-3-2-6-27-13)22-16-14(15(20)25)21-10-24(12)16;/h2-3,6-7,10H,4-5,8-9,19H2,1H3,(H2,20,25);1H. The van der Waals surface area contributed by atoms with Crippen molar-refractivity contribution in [3.8, 4) is 11.5 Å². The lowest BCUT2D eigenvalue weighted by molar-refractivity contribution is 0.0769. The van der Waals surface area contributed by atoms with Crippen LogP contribution in [0.15, 0.2) is 35.2 Å². The molecule has 0 aliphatic carbocycles. The van der Waals surface area contributed by atoms with Crippen molar-refractivity contribution in [2.24, 2.45) is 16.9 Å². The van der Waals surface area contributed by atoms with Crippen molar-refractivity contribution in [3.05, 3.63) is 42.2 Å². The highest BCUT2D eigenvalue weighted by molar-refractivity contribution is 5.99. The Bertz CT molecular complexity index is 1030. The summed E-state index contributed by atoms with van der Waals surface area (Å²) in [4.78, 5) is 35.2. The number of primary amides is 1. The number of carbonyl (C=O) groups excluding carboxylic acids is 2. The van der Waals surface area contributed by atoms with Crippen LogP contribution in [0, 0.1) is 5.41 Å². The third kappa shape index (κ3) is 3.23. The van der Waals surface area contributed by atoms with Crippen LogP contribution in [0.3, 0.4) is 0 Å². The van der Waals surface area contributed by atoms with Gasteiger partial charge in [-0.2, -0.15) is 0 Å². The lowest BCUT2D eigenvalue weighted by atomic mass is 9.90. The molecule has 1 unspecified atom stereocenters. The summed E-state index contributed by atoms with van der Waals surface area (Å²) >= 11 is 0. The van der Waals surface area contributed by atoms with E-state index in [2.05, 4.69) is 16.9 Å². The van der Waals surface area contributed by atoms with E-state index in [0.29, 0.717) is 36.8 Å².